The molecule has 0 radical (unpaired) electrons. The standard InChI is InChI=1S/C19H29N3O4S/c1-24-17-5-4-15(12-18(17)25-2)20-19(23)22-6-3-11-27-14-16(22)13-21-7-9-26-10-8-21/h4-5,12,16H,3,6-11,13-14H2,1-2H3,(H,20,23). The number of nitrogens with one attached hydrogen (secondary N) is 1. The zero-order chi connectivity index (χ0) is 19.1. The molecule has 3 rings (SSSR count). The predicted octanol–water partition coefficient (Wildman–Crippen LogP) is 2.38. The van der Waals surface area contributed by atoms with Gasteiger partial charge in [0, 0.05) is 43.7 Å². The van der Waals surface area contributed by atoms with Crippen molar-refractivity contribution in [2.45, 2.75) is 12.5 Å². The van der Waals surface area contributed by atoms with Crippen LogP contribution in [0.1, 0.15) is 6.42 Å². The van der Waals surface area contributed by atoms with Gasteiger partial charge in [0.15, 0.2) is 11.5 Å². The highest BCUT2D eigenvalue weighted by Gasteiger charge is 2.28. The van der Waals surface area contributed by atoms with Crippen LogP contribution in [-0.2, 0) is 4.74 Å². The fourth-order valence-electron chi connectivity index (χ4n) is 3.44. The second-order valence-corrected chi connectivity index (χ2v) is 7.84. The number of urea groups is 1. The second-order valence-electron chi connectivity index (χ2n) is 6.69. The Labute approximate surface area is 165 Å². The van der Waals surface area contributed by atoms with Crippen molar-refractivity contribution in [3.63, 3.8) is 0 Å². The summed E-state index contributed by atoms with van der Waals surface area (Å²) in [7, 11) is 3.19. The SMILES string of the molecule is COc1ccc(NC(=O)N2CCCSCC2CN2CCOCC2)cc1OC. The van der Waals surface area contributed by atoms with Crippen molar-refractivity contribution < 1.29 is 19.0 Å². The molecule has 1 atom stereocenters. The van der Waals surface area contributed by atoms with Crippen LogP contribution in [0.25, 0.3) is 0 Å². The van der Waals surface area contributed by atoms with E-state index in [9.17, 15) is 4.79 Å². The Morgan fingerprint density at radius 2 is 2.00 bits per heavy atom. The fourth-order valence-corrected chi connectivity index (χ4v) is 4.50. The Morgan fingerprint density at radius 1 is 1.22 bits per heavy atom. The lowest BCUT2D eigenvalue weighted by Crippen LogP contribution is -2.51. The number of hydrogen-bond donors (Lipinski definition) is 1. The molecule has 2 saturated heterocycles. The highest BCUT2D eigenvalue weighted by atomic mass is 32.2. The molecule has 0 saturated carbocycles. The number of amides is 2. The lowest BCUT2D eigenvalue weighted by atomic mass is 10.2. The van der Waals surface area contributed by atoms with E-state index in [1.807, 2.05) is 22.7 Å². The molecule has 7 nitrogen and oxygen atoms in total. The molecule has 0 aliphatic carbocycles. The molecule has 8 heteroatoms. The number of methoxy groups -OCH3 is 2. The number of rotatable bonds is 5. The lowest BCUT2D eigenvalue weighted by Gasteiger charge is -2.35. The molecule has 1 aromatic rings. The van der Waals surface area contributed by atoms with E-state index in [-0.39, 0.29) is 12.1 Å². The summed E-state index contributed by atoms with van der Waals surface area (Å²) >= 11 is 1.93. The molecule has 1 aromatic carbocycles. The second kappa shape index (κ2) is 10.1. The Hall–Kier alpha value is -1.64. The maximum absolute atomic E-state index is 13.0. The van der Waals surface area contributed by atoms with E-state index in [4.69, 9.17) is 14.2 Å². The molecule has 1 N–H and O–H groups in total. The van der Waals surface area contributed by atoms with Gasteiger partial charge < -0.3 is 24.4 Å². The summed E-state index contributed by atoms with van der Waals surface area (Å²) in [4.78, 5) is 17.4. The van der Waals surface area contributed by atoms with Gasteiger partial charge in [-0.05, 0) is 24.3 Å². The quantitative estimate of drug-likeness (QED) is 0.826. The van der Waals surface area contributed by atoms with E-state index in [0.29, 0.717) is 17.2 Å². The molecule has 2 heterocycles. The molecular weight excluding hydrogens is 366 g/mol. The molecule has 0 bridgehead atoms. The monoisotopic (exact) mass is 395 g/mol. The van der Waals surface area contributed by atoms with Crippen molar-refractivity contribution in [1.82, 2.24) is 9.80 Å². The number of carbonyl (C=O) groups is 1. The molecule has 2 aliphatic rings. The van der Waals surface area contributed by atoms with Crippen LogP contribution < -0.4 is 14.8 Å². The topological polar surface area (TPSA) is 63.3 Å². The van der Waals surface area contributed by atoms with Gasteiger partial charge in [-0.15, -0.1) is 0 Å². The number of morpholine rings is 1. The summed E-state index contributed by atoms with van der Waals surface area (Å²) in [5.41, 5.74) is 0.708. The van der Waals surface area contributed by atoms with Crippen LogP contribution in [-0.4, -0.2) is 87.0 Å². The first kappa shape index (κ1) is 20.1. The molecule has 2 aliphatic heterocycles. The average molecular weight is 396 g/mol. The molecule has 2 amide bonds. The smallest absolute Gasteiger partial charge is 0.322 e. The minimum atomic E-state index is -0.0528. The van der Waals surface area contributed by atoms with Gasteiger partial charge >= 0.3 is 6.03 Å². The van der Waals surface area contributed by atoms with E-state index in [1.54, 1.807) is 26.4 Å². The zero-order valence-corrected chi connectivity index (χ0v) is 16.9. The molecular formula is C19H29N3O4S. The highest BCUT2D eigenvalue weighted by Crippen LogP contribution is 2.30. The summed E-state index contributed by atoms with van der Waals surface area (Å²) < 4.78 is 16.0. The summed E-state index contributed by atoms with van der Waals surface area (Å²) in [5, 5.41) is 3.03. The van der Waals surface area contributed by atoms with Gasteiger partial charge in [0.2, 0.25) is 0 Å². The largest absolute Gasteiger partial charge is 0.493 e. The third-order valence-corrected chi connectivity index (χ3v) is 6.10. The minimum absolute atomic E-state index is 0.0528. The van der Waals surface area contributed by atoms with Crippen molar-refractivity contribution in [1.29, 1.82) is 0 Å². The van der Waals surface area contributed by atoms with E-state index < -0.39 is 0 Å². The maximum atomic E-state index is 13.0. The van der Waals surface area contributed by atoms with Crippen molar-refractivity contribution in [3.05, 3.63) is 18.2 Å². The summed E-state index contributed by atoms with van der Waals surface area (Å²) in [6, 6.07) is 5.58. The molecule has 2 fully saturated rings. The molecule has 1 unspecified atom stereocenters. The van der Waals surface area contributed by atoms with Gasteiger partial charge in [-0.2, -0.15) is 11.8 Å². The van der Waals surface area contributed by atoms with Crippen molar-refractivity contribution in [2.24, 2.45) is 0 Å². The van der Waals surface area contributed by atoms with E-state index in [2.05, 4.69) is 10.2 Å². The third-order valence-electron chi connectivity index (χ3n) is 4.91. The molecule has 150 valence electrons. The summed E-state index contributed by atoms with van der Waals surface area (Å²) in [6.45, 7) is 5.10. The lowest BCUT2D eigenvalue weighted by molar-refractivity contribution is 0.0288. The van der Waals surface area contributed by atoms with Gasteiger partial charge in [-0.1, -0.05) is 0 Å². The Morgan fingerprint density at radius 3 is 2.74 bits per heavy atom. The first-order valence-corrected chi connectivity index (χ1v) is 10.5. The maximum Gasteiger partial charge on any atom is 0.322 e. The fraction of sp³-hybridized carbons (Fsp3) is 0.632. The normalized spacial score (nSPS) is 21.4. The van der Waals surface area contributed by atoms with Crippen LogP contribution in [0.5, 0.6) is 11.5 Å². The number of ether oxygens (including phenoxy) is 3. The third kappa shape index (κ3) is 5.43. The zero-order valence-electron chi connectivity index (χ0n) is 16.1. The number of nitrogens with zero attached hydrogens (tertiary/aromatic N) is 2. The Bertz CT molecular complexity index is 625. The number of benzene rings is 1. The van der Waals surface area contributed by atoms with Gasteiger partial charge in [-0.3, -0.25) is 4.90 Å². The van der Waals surface area contributed by atoms with Crippen molar-refractivity contribution in [2.75, 3.05) is 70.4 Å². The van der Waals surface area contributed by atoms with Gasteiger partial charge in [0.1, 0.15) is 0 Å². The van der Waals surface area contributed by atoms with Crippen LogP contribution in [0.3, 0.4) is 0 Å². The first-order chi connectivity index (χ1) is 13.2. The van der Waals surface area contributed by atoms with Crippen LogP contribution in [0.15, 0.2) is 18.2 Å². The van der Waals surface area contributed by atoms with Crippen molar-refractivity contribution in [3.8, 4) is 11.5 Å². The molecule has 0 aromatic heterocycles. The number of thioether (sulfide) groups is 1. The van der Waals surface area contributed by atoms with Crippen LogP contribution in [0.4, 0.5) is 10.5 Å². The van der Waals surface area contributed by atoms with Gasteiger partial charge in [0.05, 0.1) is 33.5 Å². The number of hydrogen-bond acceptors (Lipinski definition) is 6. The minimum Gasteiger partial charge on any atom is -0.493 e. The highest BCUT2D eigenvalue weighted by molar-refractivity contribution is 7.99. The summed E-state index contributed by atoms with van der Waals surface area (Å²) in [5.74, 6) is 3.31. The van der Waals surface area contributed by atoms with Crippen LogP contribution in [0, 0.1) is 0 Å². The van der Waals surface area contributed by atoms with Gasteiger partial charge in [-0.25, -0.2) is 4.79 Å². The number of anilines is 1. The van der Waals surface area contributed by atoms with Crippen LogP contribution >= 0.6 is 11.8 Å². The molecule has 27 heavy (non-hydrogen) atoms. The number of carbonyl (C=O) groups excluding carboxylic acids is 1. The van der Waals surface area contributed by atoms with E-state index >= 15 is 0 Å². The molecule has 0 spiro atoms. The summed E-state index contributed by atoms with van der Waals surface area (Å²) in [6.07, 6.45) is 1.02. The Kier molecular flexibility index (Phi) is 7.49. The van der Waals surface area contributed by atoms with E-state index in [1.165, 1.54) is 0 Å². The average Bonchev–Trinajstić information content (AvgIpc) is 2.94. The first-order valence-electron chi connectivity index (χ1n) is 9.38. The van der Waals surface area contributed by atoms with Gasteiger partial charge in [0.25, 0.3) is 0 Å². The predicted molar refractivity (Wildman–Crippen MR) is 108 cm³/mol. The Balaban J connectivity index is 1.67. The van der Waals surface area contributed by atoms with Crippen LogP contribution in [0.2, 0.25) is 0 Å². The van der Waals surface area contributed by atoms with Crippen molar-refractivity contribution >= 4 is 23.5 Å². The van der Waals surface area contributed by atoms with E-state index in [0.717, 1.165) is 57.3 Å².